The Morgan fingerprint density at radius 2 is 2.11 bits per heavy atom. The molecule has 1 amide bonds. The van der Waals surface area contributed by atoms with Gasteiger partial charge in [0, 0.05) is 11.0 Å². The summed E-state index contributed by atoms with van der Waals surface area (Å²) < 4.78 is 25.1. The van der Waals surface area contributed by atoms with Crippen molar-refractivity contribution in [1.29, 1.82) is 0 Å². The standard InChI is InChI=1S/C11H15BrN2O3S/c1-3-14-11(15)7(2)18(16,17)10-5-4-8(12)6-9(10)13/h4-7H,3,13H2,1-2H3,(H,14,15). The molecule has 1 aromatic carbocycles. The molecule has 0 aliphatic rings. The molecule has 0 saturated heterocycles. The number of halogens is 1. The Hall–Kier alpha value is -1.08. The van der Waals surface area contributed by atoms with Crippen LogP contribution in [0.1, 0.15) is 13.8 Å². The van der Waals surface area contributed by atoms with Crippen LogP contribution in [0.4, 0.5) is 5.69 Å². The highest BCUT2D eigenvalue weighted by atomic mass is 79.9. The van der Waals surface area contributed by atoms with Gasteiger partial charge in [-0.2, -0.15) is 0 Å². The van der Waals surface area contributed by atoms with Crippen LogP contribution in [-0.4, -0.2) is 26.1 Å². The first kappa shape index (κ1) is 15.0. The van der Waals surface area contributed by atoms with Crippen molar-refractivity contribution in [2.45, 2.75) is 24.0 Å². The maximum Gasteiger partial charge on any atom is 0.238 e. The van der Waals surface area contributed by atoms with Crippen molar-refractivity contribution in [3.05, 3.63) is 22.7 Å². The van der Waals surface area contributed by atoms with E-state index in [-0.39, 0.29) is 10.6 Å². The minimum Gasteiger partial charge on any atom is -0.398 e. The molecule has 1 unspecified atom stereocenters. The number of nitrogen functional groups attached to an aromatic ring is 1. The van der Waals surface area contributed by atoms with Gasteiger partial charge in [-0.1, -0.05) is 15.9 Å². The van der Waals surface area contributed by atoms with E-state index in [2.05, 4.69) is 21.2 Å². The smallest absolute Gasteiger partial charge is 0.238 e. The Bertz CT molecular complexity index is 557. The Kier molecular flexibility index (Phi) is 4.75. The van der Waals surface area contributed by atoms with E-state index in [1.165, 1.54) is 19.1 Å². The monoisotopic (exact) mass is 334 g/mol. The van der Waals surface area contributed by atoms with Crippen LogP contribution in [0.5, 0.6) is 0 Å². The average Bonchev–Trinajstić information content (AvgIpc) is 2.27. The fourth-order valence-corrected chi connectivity index (χ4v) is 3.20. The summed E-state index contributed by atoms with van der Waals surface area (Å²) in [5, 5.41) is 1.32. The highest BCUT2D eigenvalue weighted by Gasteiger charge is 2.30. The molecule has 1 atom stereocenters. The summed E-state index contributed by atoms with van der Waals surface area (Å²) in [6, 6.07) is 4.47. The second-order valence-electron chi connectivity index (χ2n) is 3.76. The third-order valence-electron chi connectivity index (χ3n) is 2.46. The Morgan fingerprint density at radius 1 is 1.50 bits per heavy atom. The summed E-state index contributed by atoms with van der Waals surface area (Å²) in [7, 11) is -3.77. The predicted octanol–water partition coefficient (Wildman–Crippen LogP) is 1.33. The molecule has 0 heterocycles. The van der Waals surface area contributed by atoms with Gasteiger partial charge < -0.3 is 11.1 Å². The zero-order valence-electron chi connectivity index (χ0n) is 10.1. The second-order valence-corrected chi connectivity index (χ2v) is 6.92. The third-order valence-corrected chi connectivity index (χ3v) is 5.09. The topological polar surface area (TPSA) is 89.3 Å². The first-order chi connectivity index (χ1) is 8.30. The molecule has 3 N–H and O–H groups in total. The highest BCUT2D eigenvalue weighted by molar-refractivity contribution is 9.10. The number of nitrogens with two attached hydrogens (primary N) is 1. The fourth-order valence-electron chi connectivity index (χ4n) is 1.43. The van der Waals surface area contributed by atoms with Gasteiger partial charge in [-0.05, 0) is 32.0 Å². The molecular formula is C11H15BrN2O3S. The number of anilines is 1. The lowest BCUT2D eigenvalue weighted by Crippen LogP contribution is -2.37. The van der Waals surface area contributed by atoms with Crippen molar-refractivity contribution >= 4 is 37.4 Å². The van der Waals surface area contributed by atoms with E-state index in [9.17, 15) is 13.2 Å². The number of hydrogen-bond donors (Lipinski definition) is 2. The van der Waals surface area contributed by atoms with Crippen molar-refractivity contribution in [2.75, 3.05) is 12.3 Å². The largest absolute Gasteiger partial charge is 0.398 e. The Labute approximate surface area is 115 Å². The number of amides is 1. The van der Waals surface area contributed by atoms with Crippen molar-refractivity contribution in [1.82, 2.24) is 5.32 Å². The zero-order chi connectivity index (χ0) is 13.9. The molecule has 0 aromatic heterocycles. The molecule has 0 aliphatic heterocycles. The number of benzene rings is 1. The molecule has 18 heavy (non-hydrogen) atoms. The molecular weight excluding hydrogens is 320 g/mol. The van der Waals surface area contributed by atoms with Gasteiger partial charge in [0.25, 0.3) is 0 Å². The first-order valence-electron chi connectivity index (χ1n) is 5.37. The van der Waals surface area contributed by atoms with Crippen LogP contribution in [0, 0.1) is 0 Å². The minimum absolute atomic E-state index is 0.0237. The van der Waals surface area contributed by atoms with E-state index in [4.69, 9.17) is 5.73 Å². The van der Waals surface area contributed by atoms with Gasteiger partial charge >= 0.3 is 0 Å². The van der Waals surface area contributed by atoms with Crippen LogP contribution in [-0.2, 0) is 14.6 Å². The van der Waals surface area contributed by atoms with E-state index in [1.807, 2.05) is 0 Å². The van der Waals surface area contributed by atoms with Crippen molar-refractivity contribution in [2.24, 2.45) is 0 Å². The molecule has 0 fully saturated rings. The van der Waals surface area contributed by atoms with E-state index >= 15 is 0 Å². The normalized spacial score (nSPS) is 13.1. The van der Waals surface area contributed by atoms with E-state index in [1.54, 1.807) is 13.0 Å². The molecule has 0 saturated carbocycles. The Morgan fingerprint density at radius 3 is 2.61 bits per heavy atom. The number of sulfone groups is 1. The van der Waals surface area contributed by atoms with Crippen molar-refractivity contribution in [3.8, 4) is 0 Å². The summed E-state index contributed by atoms with van der Waals surface area (Å²) in [5.41, 5.74) is 5.80. The average molecular weight is 335 g/mol. The molecule has 1 aromatic rings. The van der Waals surface area contributed by atoms with Gasteiger partial charge in [0.15, 0.2) is 9.84 Å². The summed E-state index contributed by atoms with van der Waals surface area (Å²) in [5.74, 6) is -0.528. The number of rotatable bonds is 4. The van der Waals surface area contributed by atoms with Crippen LogP contribution >= 0.6 is 15.9 Å². The van der Waals surface area contributed by atoms with E-state index in [0.717, 1.165) is 0 Å². The van der Waals surface area contributed by atoms with Crippen LogP contribution in [0.3, 0.4) is 0 Å². The maximum atomic E-state index is 12.2. The lowest BCUT2D eigenvalue weighted by Gasteiger charge is -2.14. The first-order valence-corrected chi connectivity index (χ1v) is 7.71. The van der Waals surface area contributed by atoms with E-state index < -0.39 is 21.0 Å². The SMILES string of the molecule is CCNC(=O)C(C)S(=O)(=O)c1ccc(Br)cc1N. The van der Waals surface area contributed by atoms with Gasteiger partial charge in [-0.3, -0.25) is 4.79 Å². The van der Waals surface area contributed by atoms with E-state index in [0.29, 0.717) is 11.0 Å². The molecule has 0 radical (unpaired) electrons. The van der Waals surface area contributed by atoms with Crippen molar-refractivity contribution in [3.63, 3.8) is 0 Å². The molecule has 0 bridgehead atoms. The molecule has 5 nitrogen and oxygen atoms in total. The quantitative estimate of drug-likeness (QED) is 0.813. The van der Waals surface area contributed by atoms with Gasteiger partial charge in [0.05, 0.1) is 10.6 Å². The summed E-state index contributed by atoms with van der Waals surface area (Å²) in [6.45, 7) is 3.46. The van der Waals surface area contributed by atoms with Gasteiger partial charge in [-0.25, -0.2) is 8.42 Å². The summed E-state index contributed by atoms with van der Waals surface area (Å²) >= 11 is 3.20. The van der Waals surface area contributed by atoms with Gasteiger partial charge in [0.1, 0.15) is 5.25 Å². The molecule has 0 spiro atoms. The van der Waals surface area contributed by atoms with Crippen LogP contribution in [0.2, 0.25) is 0 Å². The lowest BCUT2D eigenvalue weighted by atomic mass is 10.3. The third kappa shape index (κ3) is 3.02. The molecule has 7 heteroatoms. The van der Waals surface area contributed by atoms with Crippen LogP contribution in [0.25, 0.3) is 0 Å². The predicted molar refractivity (Wildman–Crippen MR) is 73.9 cm³/mol. The van der Waals surface area contributed by atoms with Crippen LogP contribution < -0.4 is 11.1 Å². The highest BCUT2D eigenvalue weighted by Crippen LogP contribution is 2.26. The maximum absolute atomic E-state index is 12.2. The minimum atomic E-state index is -3.77. The number of hydrogen-bond acceptors (Lipinski definition) is 4. The lowest BCUT2D eigenvalue weighted by molar-refractivity contribution is -0.120. The molecule has 1 rings (SSSR count). The number of carbonyl (C=O) groups is 1. The summed E-state index contributed by atoms with van der Waals surface area (Å²) in [6.07, 6.45) is 0. The number of nitrogens with one attached hydrogen (secondary N) is 1. The van der Waals surface area contributed by atoms with Gasteiger partial charge in [-0.15, -0.1) is 0 Å². The summed E-state index contributed by atoms with van der Waals surface area (Å²) in [4.78, 5) is 11.6. The Balaban J connectivity index is 3.17. The second kappa shape index (κ2) is 5.71. The molecule has 0 aliphatic carbocycles. The van der Waals surface area contributed by atoms with Crippen LogP contribution in [0.15, 0.2) is 27.6 Å². The van der Waals surface area contributed by atoms with Crippen molar-refractivity contribution < 1.29 is 13.2 Å². The molecule has 100 valence electrons. The number of carbonyl (C=O) groups excluding carboxylic acids is 1. The van der Waals surface area contributed by atoms with Gasteiger partial charge in [0.2, 0.25) is 5.91 Å². The fraction of sp³-hybridized carbons (Fsp3) is 0.364. The zero-order valence-corrected chi connectivity index (χ0v) is 12.5.